The van der Waals surface area contributed by atoms with Gasteiger partial charge >= 0.3 is 6.01 Å². The van der Waals surface area contributed by atoms with Crippen LogP contribution in [0.2, 0.25) is 0 Å². The lowest BCUT2D eigenvalue weighted by molar-refractivity contribution is 0.102. The van der Waals surface area contributed by atoms with Gasteiger partial charge in [-0.25, -0.2) is 4.98 Å². The smallest absolute Gasteiger partial charge is 0.328 e. The molecule has 0 fully saturated rings. The van der Waals surface area contributed by atoms with Gasteiger partial charge in [0, 0.05) is 18.3 Å². The van der Waals surface area contributed by atoms with Crippen molar-refractivity contribution in [2.24, 2.45) is 0 Å². The molecule has 0 spiro atoms. The van der Waals surface area contributed by atoms with Crippen molar-refractivity contribution in [1.29, 1.82) is 0 Å². The number of amides is 1. The van der Waals surface area contributed by atoms with Crippen LogP contribution in [-0.4, -0.2) is 27.6 Å². The van der Waals surface area contributed by atoms with E-state index in [0.29, 0.717) is 17.2 Å². The largest absolute Gasteiger partial charge is 0.370 e. The van der Waals surface area contributed by atoms with Gasteiger partial charge in [-0.05, 0) is 25.5 Å². The molecule has 2 aromatic rings. The van der Waals surface area contributed by atoms with Crippen molar-refractivity contribution in [3.05, 3.63) is 29.7 Å². The zero-order chi connectivity index (χ0) is 13.7. The maximum absolute atomic E-state index is 12.0. The third-order valence-electron chi connectivity index (χ3n) is 2.33. The molecule has 1 amide bonds. The topological polar surface area (TPSA) is 92.9 Å². The minimum atomic E-state index is -0.314. The third kappa shape index (κ3) is 3.51. The van der Waals surface area contributed by atoms with E-state index in [9.17, 15) is 4.79 Å². The Morgan fingerprint density at radius 2 is 2.32 bits per heavy atom. The molecule has 0 bridgehead atoms. The number of aryl methyl sites for hydroxylation is 1. The fourth-order valence-electron chi connectivity index (χ4n) is 1.44. The number of hydrogen-bond donors (Lipinski definition) is 2. The van der Waals surface area contributed by atoms with Gasteiger partial charge in [0.15, 0.2) is 5.82 Å². The van der Waals surface area contributed by atoms with Crippen LogP contribution in [0, 0.1) is 6.92 Å². The summed E-state index contributed by atoms with van der Waals surface area (Å²) in [5.74, 6) is 0.817. The van der Waals surface area contributed by atoms with E-state index in [0.717, 1.165) is 13.0 Å². The second kappa shape index (κ2) is 5.94. The van der Waals surface area contributed by atoms with Crippen LogP contribution >= 0.6 is 0 Å². The van der Waals surface area contributed by atoms with E-state index in [1.165, 1.54) is 0 Å². The average Bonchev–Trinajstić information content (AvgIpc) is 2.82. The minimum absolute atomic E-state index is 0.0855. The van der Waals surface area contributed by atoms with Crippen molar-refractivity contribution in [3.8, 4) is 0 Å². The number of rotatable bonds is 5. The first-order valence-electron chi connectivity index (χ1n) is 6.00. The van der Waals surface area contributed by atoms with E-state index in [1.807, 2.05) is 0 Å². The van der Waals surface area contributed by atoms with Crippen LogP contribution in [0.5, 0.6) is 0 Å². The van der Waals surface area contributed by atoms with Crippen molar-refractivity contribution in [3.63, 3.8) is 0 Å². The predicted octanol–water partition coefficient (Wildman–Crippen LogP) is 1.85. The summed E-state index contributed by atoms with van der Waals surface area (Å²) >= 11 is 0. The number of carbonyl (C=O) groups is 1. The average molecular weight is 261 g/mol. The highest BCUT2D eigenvalue weighted by molar-refractivity contribution is 6.03. The fourth-order valence-corrected chi connectivity index (χ4v) is 1.44. The SMILES string of the molecule is CCCNc1cc(C(=O)Nc2nc(C)no2)ccn1. The van der Waals surface area contributed by atoms with E-state index in [2.05, 4.69) is 32.7 Å². The number of carbonyl (C=O) groups excluding carboxylic acids is 1. The molecular formula is C12H15N5O2. The fraction of sp³-hybridized carbons (Fsp3) is 0.333. The van der Waals surface area contributed by atoms with Gasteiger partial charge in [0.05, 0.1) is 0 Å². The van der Waals surface area contributed by atoms with E-state index in [1.54, 1.807) is 25.3 Å². The number of nitrogens with one attached hydrogen (secondary N) is 2. The molecule has 2 aromatic heterocycles. The molecule has 0 atom stereocenters. The first-order valence-corrected chi connectivity index (χ1v) is 6.00. The predicted molar refractivity (Wildman–Crippen MR) is 70.0 cm³/mol. The van der Waals surface area contributed by atoms with Gasteiger partial charge in [0.1, 0.15) is 5.82 Å². The Bertz CT molecular complexity index is 567. The molecule has 7 heteroatoms. The summed E-state index contributed by atoms with van der Waals surface area (Å²) in [5.41, 5.74) is 0.476. The highest BCUT2D eigenvalue weighted by Gasteiger charge is 2.11. The maximum Gasteiger partial charge on any atom is 0.328 e. The molecule has 7 nitrogen and oxygen atoms in total. The molecule has 0 aliphatic heterocycles. The molecule has 0 saturated heterocycles. The zero-order valence-corrected chi connectivity index (χ0v) is 10.8. The summed E-state index contributed by atoms with van der Waals surface area (Å²) in [5, 5.41) is 9.24. The molecule has 2 heterocycles. The number of aromatic nitrogens is 3. The molecule has 2 rings (SSSR count). The first-order chi connectivity index (χ1) is 9.19. The third-order valence-corrected chi connectivity index (χ3v) is 2.33. The zero-order valence-electron chi connectivity index (χ0n) is 10.8. The van der Waals surface area contributed by atoms with Gasteiger partial charge in [0.2, 0.25) is 0 Å². The van der Waals surface area contributed by atoms with Crippen LogP contribution in [0.25, 0.3) is 0 Å². The molecule has 19 heavy (non-hydrogen) atoms. The maximum atomic E-state index is 12.0. The van der Waals surface area contributed by atoms with Gasteiger partial charge in [-0.15, -0.1) is 0 Å². The van der Waals surface area contributed by atoms with Crippen LogP contribution in [0.3, 0.4) is 0 Å². The number of anilines is 2. The van der Waals surface area contributed by atoms with E-state index >= 15 is 0 Å². The van der Waals surface area contributed by atoms with Gasteiger partial charge in [-0.1, -0.05) is 12.1 Å². The standard InChI is InChI=1S/C12H15N5O2/c1-3-5-13-10-7-9(4-6-14-10)11(18)16-12-15-8(2)17-19-12/h4,6-7H,3,5H2,1-2H3,(H,13,14)(H,15,16,17,18). The van der Waals surface area contributed by atoms with Gasteiger partial charge in [-0.3, -0.25) is 10.1 Å². The lowest BCUT2D eigenvalue weighted by Crippen LogP contribution is -2.13. The van der Waals surface area contributed by atoms with Crippen molar-refractivity contribution < 1.29 is 9.32 Å². The first kappa shape index (κ1) is 13.0. The van der Waals surface area contributed by atoms with Gasteiger partial charge in [-0.2, -0.15) is 4.98 Å². The minimum Gasteiger partial charge on any atom is -0.370 e. The summed E-state index contributed by atoms with van der Waals surface area (Å²) in [6.07, 6.45) is 2.56. The quantitative estimate of drug-likeness (QED) is 0.853. The van der Waals surface area contributed by atoms with Crippen LogP contribution in [0.15, 0.2) is 22.9 Å². The lowest BCUT2D eigenvalue weighted by Gasteiger charge is -2.05. The molecule has 0 aromatic carbocycles. The number of nitrogens with zero attached hydrogens (tertiary/aromatic N) is 3. The van der Waals surface area contributed by atoms with E-state index in [4.69, 9.17) is 4.52 Å². The molecule has 0 unspecified atom stereocenters. The number of pyridine rings is 1. The Balaban J connectivity index is 2.06. The lowest BCUT2D eigenvalue weighted by atomic mass is 10.2. The molecule has 0 radical (unpaired) electrons. The highest BCUT2D eigenvalue weighted by Crippen LogP contribution is 2.10. The summed E-state index contributed by atoms with van der Waals surface area (Å²) < 4.78 is 4.83. The van der Waals surface area contributed by atoms with Crippen LogP contribution in [-0.2, 0) is 0 Å². The molecule has 0 aliphatic rings. The van der Waals surface area contributed by atoms with Crippen molar-refractivity contribution in [2.45, 2.75) is 20.3 Å². The Labute approximate surface area is 110 Å². The second-order valence-corrected chi connectivity index (χ2v) is 3.96. The summed E-state index contributed by atoms with van der Waals surface area (Å²) in [7, 11) is 0. The monoisotopic (exact) mass is 261 g/mol. The van der Waals surface area contributed by atoms with Gasteiger partial charge in [0.25, 0.3) is 5.91 Å². The number of hydrogen-bond acceptors (Lipinski definition) is 6. The Morgan fingerprint density at radius 1 is 1.47 bits per heavy atom. The van der Waals surface area contributed by atoms with E-state index in [-0.39, 0.29) is 11.9 Å². The summed E-state index contributed by atoms with van der Waals surface area (Å²) in [4.78, 5) is 20.0. The Kier molecular flexibility index (Phi) is 4.07. The molecule has 0 aliphatic carbocycles. The van der Waals surface area contributed by atoms with E-state index < -0.39 is 0 Å². The summed E-state index contributed by atoms with van der Waals surface area (Å²) in [6, 6.07) is 3.38. The molecular weight excluding hydrogens is 246 g/mol. The normalized spacial score (nSPS) is 10.2. The Hall–Kier alpha value is -2.44. The van der Waals surface area contributed by atoms with Gasteiger partial charge < -0.3 is 9.84 Å². The van der Waals surface area contributed by atoms with Crippen molar-refractivity contribution in [1.82, 2.24) is 15.1 Å². The molecule has 100 valence electrons. The molecule has 0 saturated carbocycles. The van der Waals surface area contributed by atoms with Crippen LogP contribution < -0.4 is 10.6 Å². The van der Waals surface area contributed by atoms with Crippen LogP contribution in [0.4, 0.5) is 11.8 Å². The highest BCUT2D eigenvalue weighted by atomic mass is 16.5. The summed E-state index contributed by atoms with van der Waals surface area (Å²) in [6.45, 7) is 4.54. The van der Waals surface area contributed by atoms with Crippen molar-refractivity contribution in [2.75, 3.05) is 17.2 Å². The Morgan fingerprint density at radius 3 is 3.00 bits per heavy atom. The second-order valence-electron chi connectivity index (χ2n) is 3.96. The van der Waals surface area contributed by atoms with Crippen molar-refractivity contribution >= 4 is 17.7 Å². The van der Waals surface area contributed by atoms with Crippen LogP contribution in [0.1, 0.15) is 29.5 Å². The molecule has 2 N–H and O–H groups in total.